The van der Waals surface area contributed by atoms with Crippen LogP contribution in [0.25, 0.3) is 10.9 Å². The molecule has 2 N–H and O–H groups in total. The zero-order chi connectivity index (χ0) is 14.2. The van der Waals surface area contributed by atoms with E-state index in [0.717, 1.165) is 24.1 Å². The van der Waals surface area contributed by atoms with Gasteiger partial charge in [0.1, 0.15) is 0 Å². The molecular formula is C16H23N3O. The minimum absolute atomic E-state index is 0.141. The molecule has 1 heterocycles. The Kier molecular flexibility index (Phi) is 3.52. The Bertz CT molecular complexity index is 607. The van der Waals surface area contributed by atoms with E-state index in [1.165, 1.54) is 11.8 Å². The predicted molar refractivity (Wildman–Crippen MR) is 80.3 cm³/mol. The van der Waals surface area contributed by atoms with Crippen LogP contribution in [0.2, 0.25) is 0 Å². The molecule has 1 aromatic heterocycles. The van der Waals surface area contributed by atoms with Crippen molar-refractivity contribution in [2.75, 3.05) is 6.54 Å². The fraction of sp³-hybridized carbons (Fsp3) is 0.562. The van der Waals surface area contributed by atoms with Crippen LogP contribution in [-0.4, -0.2) is 21.9 Å². The molecule has 0 bridgehead atoms. The standard InChI is InChI=1S/C16H23N3O/c1-12-7-8-16(9-12,11-17)20-10-14-13-5-3-4-6-15(13)19(2)18-14/h3-6,12H,7-11,17H2,1-2H3. The molecule has 0 saturated heterocycles. The number of ether oxygens (including phenoxy) is 1. The van der Waals surface area contributed by atoms with Crippen LogP contribution in [0.15, 0.2) is 24.3 Å². The third kappa shape index (κ3) is 2.34. The topological polar surface area (TPSA) is 53.1 Å². The van der Waals surface area contributed by atoms with Crippen LogP contribution in [0.3, 0.4) is 0 Å². The van der Waals surface area contributed by atoms with Gasteiger partial charge in [-0.1, -0.05) is 25.1 Å². The number of nitrogens with two attached hydrogens (primary N) is 1. The minimum Gasteiger partial charge on any atom is -0.367 e. The van der Waals surface area contributed by atoms with Crippen molar-refractivity contribution in [3.8, 4) is 0 Å². The summed E-state index contributed by atoms with van der Waals surface area (Å²) in [5.41, 5.74) is 7.98. The maximum absolute atomic E-state index is 6.22. The second-order valence-corrected chi connectivity index (χ2v) is 6.11. The molecule has 1 fully saturated rings. The Labute approximate surface area is 119 Å². The molecule has 1 aromatic carbocycles. The van der Waals surface area contributed by atoms with Crippen LogP contribution in [0.1, 0.15) is 31.9 Å². The number of nitrogens with zero attached hydrogens (tertiary/aromatic N) is 2. The minimum atomic E-state index is -0.141. The fourth-order valence-corrected chi connectivity index (χ4v) is 3.34. The van der Waals surface area contributed by atoms with Gasteiger partial charge in [-0.3, -0.25) is 4.68 Å². The zero-order valence-electron chi connectivity index (χ0n) is 12.3. The zero-order valence-corrected chi connectivity index (χ0v) is 12.3. The number of hydrogen-bond acceptors (Lipinski definition) is 3. The number of aromatic nitrogens is 2. The highest BCUT2D eigenvalue weighted by Crippen LogP contribution is 2.37. The normalized spacial score (nSPS) is 26.4. The van der Waals surface area contributed by atoms with Crippen LogP contribution in [0.4, 0.5) is 0 Å². The first-order chi connectivity index (χ1) is 9.63. The van der Waals surface area contributed by atoms with E-state index in [1.807, 2.05) is 23.9 Å². The van der Waals surface area contributed by atoms with E-state index in [1.54, 1.807) is 0 Å². The van der Waals surface area contributed by atoms with E-state index in [0.29, 0.717) is 19.1 Å². The average molecular weight is 273 g/mol. The predicted octanol–water partition coefficient (Wildman–Crippen LogP) is 2.61. The maximum Gasteiger partial charge on any atom is 0.0960 e. The summed E-state index contributed by atoms with van der Waals surface area (Å²) in [6.07, 6.45) is 3.34. The van der Waals surface area contributed by atoms with Gasteiger partial charge >= 0.3 is 0 Å². The number of para-hydroxylation sites is 1. The molecular weight excluding hydrogens is 250 g/mol. The first kappa shape index (κ1) is 13.6. The van der Waals surface area contributed by atoms with Gasteiger partial charge in [-0.25, -0.2) is 0 Å². The van der Waals surface area contributed by atoms with E-state index >= 15 is 0 Å². The van der Waals surface area contributed by atoms with Crippen LogP contribution in [-0.2, 0) is 18.4 Å². The summed E-state index contributed by atoms with van der Waals surface area (Å²) in [7, 11) is 1.97. The van der Waals surface area contributed by atoms with Crippen LogP contribution < -0.4 is 5.73 Å². The van der Waals surface area contributed by atoms with Gasteiger partial charge in [0.25, 0.3) is 0 Å². The Morgan fingerprint density at radius 2 is 2.25 bits per heavy atom. The summed E-state index contributed by atoms with van der Waals surface area (Å²) in [6.45, 7) is 3.42. The molecule has 0 radical (unpaired) electrons. The Morgan fingerprint density at radius 3 is 2.95 bits per heavy atom. The van der Waals surface area contributed by atoms with Crippen molar-refractivity contribution in [3.63, 3.8) is 0 Å². The molecule has 3 rings (SSSR count). The molecule has 4 heteroatoms. The number of benzene rings is 1. The second-order valence-electron chi connectivity index (χ2n) is 6.11. The molecule has 2 unspecified atom stereocenters. The molecule has 2 atom stereocenters. The highest BCUT2D eigenvalue weighted by atomic mass is 16.5. The van der Waals surface area contributed by atoms with E-state index in [4.69, 9.17) is 10.5 Å². The summed E-state index contributed by atoms with van der Waals surface area (Å²) < 4.78 is 8.13. The first-order valence-corrected chi connectivity index (χ1v) is 7.38. The summed E-state index contributed by atoms with van der Waals surface area (Å²) in [5, 5.41) is 5.76. The lowest BCUT2D eigenvalue weighted by molar-refractivity contribution is -0.0481. The van der Waals surface area contributed by atoms with Gasteiger partial charge in [0.2, 0.25) is 0 Å². The average Bonchev–Trinajstić information content (AvgIpc) is 2.99. The van der Waals surface area contributed by atoms with Crippen molar-refractivity contribution in [2.24, 2.45) is 18.7 Å². The van der Waals surface area contributed by atoms with Crippen LogP contribution in [0.5, 0.6) is 0 Å². The van der Waals surface area contributed by atoms with Crippen molar-refractivity contribution in [1.29, 1.82) is 0 Å². The third-order valence-corrected chi connectivity index (χ3v) is 4.53. The van der Waals surface area contributed by atoms with Gasteiger partial charge in [-0.05, 0) is 31.2 Å². The lowest BCUT2D eigenvalue weighted by Gasteiger charge is -2.27. The number of hydrogen-bond donors (Lipinski definition) is 1. The molecule has 20 heavy (non-hydrogen) atoms. The van der Waals surface area contributed by atoms with Gasteiger partial charge in [-0.15, -0.1) is 0 Å². The summed E-state index contributed by atoms with van der Waals surface area (Å²) in [5.74, 6) is 0.707. The molecule has 2 aromatic rings. The fourth-order valence-electron chi connectivity index (χ4n) is 3.34. The molecule has 1 aliphatic carbocycles. The van der Waals surface area contributed by atoms with Crippen molar-refractivity contribution in [2.45, 2.75) is 38.4 Å². The Morgan fingerprint density at radius 1 is 1.45 bits per heavy atom. The molecule has 1 aliphatic rings. The van der Waals surface area contributed by atoms with Gasteiger partial charge < -0.3 is 10.5 Å². The van der Waals surface area contributed by atoms with Crippen molar-refractivity contribution < 1.29 is 4.74 Å². The van der Waals surface area contributed by atoms with Crippen LogP contribution >= 0.6 is 0 Å². The maximum atomic E-state index is 6.22. The lowest BCUT2D eigenvalue weighted by atomic mass is 10.0. The summed E-state index contributed by atoms with van der Waals surface area (Å²) in [4.78, 5) is 0. The second kappa shape index (κ2) is 5.19. The van der Waals surface area contributed by atoms with Crippen molar-refractivity contribution in [3.05, 3.63) is 30.0 Å². The Balaban J connectivity index is 1.80. The molecule has 4 nitrogen and oxygen atoms in total. The van der Waals surface area contributed by atoms with Gasteiger partial charge in [0.15, 0.2) is 0 Å². The molecule has 0 spiro atoms. The number of fused-ring (bicyclic) bond motifs is 1. The molecule has 1 saturated carbocycles. The molecule has 108 valence electrons. The van der Waals surface area contributed by atoms with E-state index < -0.39 is 0 Å². The number of aryl methyl sites for hydroxylation is 1. The summed E-state index contributed by atoms with van der Waals surface area (Å²) in [6, 6.07) is 8.27. The monoisotopic (exact) mass is 273 g/mol. The largest absolute Gasteiger partial charge is 0.367 e. The van der Waals surface area contributed by atoms with Gasteiger partial charge in [-0.2, -0.15) is 5.10 Å². The quantitative estimate of drug-likeness (QED) is 0.931. The lowest BCUT2D eigenvalue weighted by Crippen LogP contribution is -2.38. The van der Waals surface area contributed by atoms with E-state index in [-0.39, 0.29) is 5.60 Å². The highest BCUT2D eigenvalue weighted by Gasteiger charge is 2.37. The third-order valence-electron chi connectivity index (χ3n) is 4.53. The number of rotatable bonds is 4. The first-order valence-electron chi connectivity index (χ1n) is 7.38. The smallest absolute Gasteiger partial charge is 0.0960 e. The Hall–Kier alpha value is -1.39. The highest BCUT2D eigenvalue weighted by molar-refractivity contribution is 5.81. The van der Waals surface area contributed by atoms with E-state index in [2.05, 4.69) is 24.2 Å². The van der Waals surface area contributed by atoms with Crippen LogP contribution in [0, 0.1) is 5.92 Å². The SMILES string of the molecule is CC1CCC(CN)(OCc2nn(C)c3ccccc23)C1. The van der Waals surface area contributed by atoms with Crippen molar-refractivity contribution >= 4 is 10.9 Å². The van der Waals surface area contributed by atoms with Gasteiger partial charge in [0.05, 0.1) is 23.4 Å². The summed E-state index contributed by atoms with van der Waals surface area (Å²) >= 11 is 0. The van der Waals surface area contributed by atoms with Crippen molar-refractivity contribution in [1.82, 2.24) is 9.78 Å². The molecule has 0 amide bonds. The van der Waals surface area contributed by atoms with E-state index in [9.17, 15) is 0 Å². The molecule has 0 aliphatic heterocycles. The van der Waals surface area contributed by atoms with Gasteiger partial charge in [0, 0.05) is 19.0 Å².